The number of rotatable bonds is 2. The van der Waals surface area contributed by atoms with Crippen molar-refractivity contribution in [3.8, 4) is 0 Å². The van der Waals surface area contributed by atoms with Crippen molar-refractivity contribution in [2.45, 2.75) is 13.8 Å². The van der Waals surface area contributed by atoms with E-state index in [4.69, 9.17) is 0 Å². The van der Waals surface area contributed by atoms with Crippen LogP contribution in [0.3, 0.4) is 0 Å². The van der Waals surface area contributed by atoms with Gasteiger partial charge in [0.25, 0.3) is 0 Å². The van der Waals surface area contributed by atoms with E-state index in [9.17, 15) is 9.59 Å². The van der Waals surface area contributed by atoms with Crippen LogP contribution in [0.5, 0.6) is 0 Å². The minimum absolute atomic E-state index is 0.329. The number of carbonyl (C=O) groups is 2. The Morgan fingerprint density at radius 3 is 1.14 bits per heavy atom. The summed E-state index contributed by atoms with van der Waals surface area (Å²) in [5.74, 6) is -0.657. The van der Waals surface area contributed by atoms with E-state index in [1.807, 2.05) is 0 Å². The minimum atomic E-state index is -0.329. The molecule has 0 amide bonds. The summed E-state index contributed by atoms with van der Waals surface area (Å²) in [6, 6.07) is 0. The van der Waals surface area contributed by atoms with E-state index in [-0.39, 0.29) is 11.9 Å². The third kappa shape index (κ3) is 49.3. The highest BCUT2D eigenvalue weighted by atomic mass is 16.5. The topological polar surface area (TPSA) is 52.6 Å². The average Bonchev–Trinajstić information content (AvgIpc) is 2.08. The van der Waals surface area contributed by atoms with Gasteiger partial charge in [-0.2, -0.15) is 0 Å². The molecule has 0 N–H and O–H groups in total. The molecule has 0 saturated heterocycles. The quantitative estimate of drug-likeness (QED) is 0.389. The second-order valence-electron chi connectivity index (χ2n) is 1.55. The molecule has 80 valence electrons. The fourth-order valence-electron chi connectivity index (χ4n) is 0.235. The minimum Gasteiger partial charge on any atom is -0.435 e. The maximum Gasteiger partial charge on any atom is 0.307 e. The van der Waals surface area contributed by atoms with Crippen LogP contribution < -0.4 is 0 Å². The molecule has 0 aliphatic heterocycles. The molecule has 0 bridgehead atoms. The molecule has 0 saturated carbocycles. The van der Waals surface area contributed by atoms with Crippen molar-refractivity contribution in [3.63, 3.8) is 0 Å². The van der Waals surface area contributed by atoms with Gasteiger partial charge in [0.2, 0.25) is 0 Å². The maximum atomic E-state index is 9.75. The van der Waals surface area contributed by atoms with Gasteiger partial charge in [-0.3, -0.25) is 9.59 Å². The first-order chi connectivity index (χ1) is 6.54. The van der Waals surface area contributed by atoms with Crippen LogP contribution in [0.1, 0.15) is 13.8 Å². The standard InChI is InChI=1S/2C4H6O2.C2H4/c2*1-3-6-4(2)5;1-2/h2*3H,1H2,2H3;1-2H2. The van der Waals surface area contributed by atoms with Crippen molar-refractivity contribution in [1.29, 1.82) is 0 Å². The van der Waals surface area contributed by atoms with Gasteiger partial charge in [0.15, 0.2) is 0 Å². The number of hydrogen-bond acceptors (Lipinski definition) is 4. The highest BCUT2D eigenvalue weighted by molar-refractivity contribution is 5.66. The van der Waals surface area contributed by atoms with E-state index >= 15 is 0 Å². The van der Waals surface area contributed by atoms with Crippen LogP contribution in [-0.4, -0.2) is 11.9 Å². The van der Waals surface area contributed by atoms with E-state index in [2.05, 4.69) is 35.8 Å². The lowest BCUT2D eigenvalue weighted by Gasteiger charge is -1.83. The van der Waals surface area contributed by atoms with Gasteiger partial charge in [-0.05, 0) is 0 Å². The summed E-state index contributed by atoms with van der Waals surface area (Å²) in [7, 11) is 0. The van der Waals surface area contributed by atoms with Crippen molar-refractivity contribution >= 4 is 11.9 Å². The van der Waals surface area contributed by atoms with Gasteiger partial charge in [0.1, 0.15) is 0 Å². The van der Waals surface area contributed by atoms with E-state index in [1.165, 1.54) is 13.8 Å². The van der Waals surface area contributed by atoms with Crippen molar-refractivity contribution in [2.75, 3.05) is 0 Å². The van der Waals surface area contributed by atoms with E-state index < -0.39 is 0 Å². The number of ether oxygens (including phenoxy) is 2. The predicted molar refractivity (Wildman–Crippen MR) is 55.2 cm³/mol. The summed E-state index contributed by atoms with van der Waals surface area (Å²) in [5.41, 5.74) is 0. The van der Waals surface area contributed by atoms with Crippen LogP contribution >= 0.6 is 0 Å². The molecule has 4 nitrogen and oxygen atoms in total. The first kappa shape index (κ1) is 18.0. The number of esters is 2. The Hall–Kier alpha value is -1.84. The molecular weight excluding hydrogens is 184 g/mol. The zero-order valence-corrected chi connectivity index (χ0v) is 8.62. The van der Waals surface area contributed by atoms with Crippen molar-refractivity contribution < 1.29 is 19.1 Å². The molecule has 0 spiro atoms. The Kier molecular flexibility index (Phi) is 22.3. The Balaban J connectivity index is -0.000000147. The van der Waals surface area contributed by atoms with Crippen LogP contribution in [0.25, 0.3) is 0 Å². The van der Waals surface area contributed by atoms with E-state index in [1.54, 1.807) is 0 Å². The van der Waals surface area contributed by atoms with Gasteiger partial charge in [0.05, 0.1) is 12.5 Å². The first-order valence-corrected chi connectivity index (χ1v) is 3.60. The normalized spacial score (nSPS) is 6.14. The Morgan fingerprint density at radius 1 is 0.929 bits per heavy atom. The third-order valence-electron chi connectivity index (χ3n) is 0.499. The van der Waals surface area contributed by atoms with E-state index in [0.29, 0.717) is 0 Å². The molecule has 0 unspecified atom stereocenters. The van der Waals surface area contributed by atoms with Crippen LogP contribution in [0.15, 0.2) is 38.8 Å². The van der Waals surface area contributed by atoms with E-state index in [0.717, 1.165) is 12.5 Å². The highest BCUT2D eigenvalue weighted by Gasteiger charge is 1.79. The smallest absolute Gasteiger partial charge is 0.307 e. The Bertz CT molecular complexity index is 165. The van der Waals surface area contributed by atoms with Crippen LogP contribution in [0.4, 0.5) is 0 Å². The summed E-state index contributed by atoms with van der Waals surface area (Å²) in [6.45, 7) is 15.0. The fraction of sp³-hybridized carbons (Fsp3) is 0.200. The SMILES string of the molecule is C=C.C=COC(C)=O.C=COC(C)=O. The molecule has 0 aliphatic rings. The highest BCUT2D eigenvalue weighted by Crippen LogP contribution is 1.70. The maximum absolute atomic E-state index is 9.75. The lowest BCUT2D eigenvalue weighted by atomic mass is 10.8. The summed E-state index contributed by atoms with van der Waals surface area (Å²) in [6.07, 6.45) is 2.20. The molecule has 0 aromatic carbocycles. The molecule has 14 heavy (non-hydrogen) atoms. The number of carbonyl (C=O) groups excluding carboxylic acids is 2. The van der Waals surface area contributed by atoms with Crippen LogP contribution in [0, 0.1) is 0 Å². The molecule has 0 aromatic heterocycles. The summed E-state index contributed by atoms with van der Waals surface area (Å²) >= 11 is 0. The molecule has 0 heterocycles. The van der Waals surface area contributed by atoms with Crippen LogP contribution in [-0.2, 0) is 19.1 Å². The second-order valence-corrected chi connectivity index (χ2v) is 1.55. The van der Waals surface area contributed by atoms with Crippen LogP contribution in [0.2, 0.25) is 0 Å². The fourth-order valence-corrected chi connectivity index (χ4v) is 0.235. The van der Waals surface area contributed by atoms with Gasteiger partial charge in [-0.25, -0.2) is 0 Å². The van der Waals surface area contributed by atoms with Gasteiger partial charge in [-0.1, -0.05) is 13.2 Å². The Morgan fingerprint density at radius 2 is 1.14 bits per heavy atom. The third-order valence-corrected chi connectivity index (χ3v) is 0.499. The largest absolute Gasteiger partial charge is 0.435 e. The molecule has 0 aromatic rings. The average molecular weight is 200 g/mol. The van der Waals surface area contributed by atoms with Gasteiger partial charge >= 0.3 is 11.9 Å². The van der Waals surface area contributed by atoms with Crippen molar-refractivity contribution in [1.82, 2.24) is 0 Å². The second kappa shape index (κ2) is 17.3. The number of hydrogen-bond donors (Lipinski definition) is 0. The molecule has 0 radical (unpaired) electrons. The van der Waals surface area contributed by atoms with Gasteiger partial charge < -0.3 is 9.47 Å². The molecular formula is C10H16O4. The molecule has 4 heteroatoms. The van der Waals surface area contributed by atoms with Gasteiger partial charge in [0, 0.05) is 13.8 Å². The lowest BCUT2D eigenvalue weighted by molar-refractivity contribution is -0.136. The summed E-state index contributed by atoms with van der Waals surface area (Å²) in [5, 5.41) is 0. The van der Waals surface area contributed by atoms with Gasteiger partial charge in [-0.15, -0.1) is 13.2 Å². The summed E-state index contributed by atoms with van der Waals surface area (Å²) < 4.78 is 8.33. The zero-order chi connectivity index (χ0) is 12.0. The molecule has 0 atom stereocenters. The van der Waals surface area contributed by atoms with Crippen molar-refractivity contribution in [3.05, 3.63) is 38.8 Å². The first-order valence-electron chi connectivity index (χ1n) is 3.60. The lowest BCUT2D eigenvalue weighted by Crippen LogP contribution is -1.87. The monoisotopic (exact) mass is 200 g/mol. The Labute approximate surface area is 84.5 Å². The van der Waals surface area contributed by atoms with Crippen molar-refractivity contribution in [2.24, 2.45) is 0 Å². The molecule has 0 rings (SSSR count). The zero-order valence-electron chi connectivity index (χ0n) is 8.62. The molecule has 0 aliphatic carbocycles. The predicted octanol–water partition coefficient (Wildman–Crippen LogP) is 2.19. The molecule has 0 fully saturated rings. The summed E-state index contributed by atoms with van der Waals surface area (Å²) in [4.78, 5) is 19.5.